The van der Waals surface area contributed by atoms with Gasteiger partial charge in [0.25, 0.3) is 0 Å². The molecule has 0 unspecified atom stereocenters. The molecule has 1 aromatic heterocycles. The minimum atomic E-state index is -0.247. The van der Waals surface area contributed by atoms with Gasteiger partial charge in [-0.1, -0.05) is 43.3 Å². The van der Waals surface area contributed by atoms with E-state index in [4.69, 9.17) is 9.72 Å². The number of imidazole rings is 1. The molecule has 0 saturated heterocycles. The number of rotatable bonds is 8. The summed E-state index contributed by atoms with van der Waals surface area (Å²) in [6.45, 7) is 3.57. The zero-order valence-corrected chi connectivity index (χ0v) is 16.6. The first-order valence-corrected chi connectivity index (χ1v) is 10.2. The fourth-order valence-corrected chi connectivity index (χ4v) is 3.53. The maximum atomic E-state index is 14.4. The smallest absolute Gasteiger partial charge is 0.144 e. The summed E-state index contributed by atoms with van der Waals surface area (Å²) in [5.41, 5.74) is 3.76. The molecule has 0 N–H and O–H groups in total. The molecule has 0 amide bonds. The maximum absolute atomic E-state index is 14.4. The van der Waals surface area contributed by atoms with E-state index in [2.05, 4.69) is 23.6 Å². The lowest BCUT2D eigenvalue weighted by Gasteiger charge is -2.11. The number of unbranched alkanes of at least 4 members (excludes halogenated alkanes) is 1. The first-order chi connectivity index (χ1) is 14.3. The molecular weight excluding hydrogens is 363 g/mol. The lowest BCUT2D eigenvalue weighted by Crippen LogP contribution is -2.04. The number of aryl methyl sites for hydroxylation is 2. The molecule has 0 aliphatic carbocycles. The summed E-state index contributed by atoms with van der Waals surface area (Å²) in [7, 11) is 0. The van der Waals surface area contributed by atoms with Crippen LogP contribution < -0.4 is 4.74 Å². The van der Waals surface area contributed by atoms with Gasteiger partial charge in [0.15, 0.2) is 0 Å². The van der Waals surface area contributed by atoms with Crippen molar-refractivity contribution >= 4 is 11.0 Å². The Bertz CT molecular complexity index is 1090. The van der Waals surface area contributed by atoms with Gasteiger partial charge in [-0.3, -0.25) is 0 Å². The number of nitrogens with zero attached hydrogens (tertiary/aromatic N) is 2. The molecule has 4 aromatic rings. The van der Waals surface area contributed by atoms with E-state index < -0.39 is 0 Å². The van der Waals surface area contributed by atoms with Crippen LogP contribution in [0.5, 0.6) is 5.75 Å². The van der Waals surface area contributed by atoms with Crippen LogP contribution in [0.3, 0.4) is 0 Å². The Hall–Kier alpha value is -3.14. The second-order valence-corrected chi connectivity index (χ2v) is 7.11. The molecule has 0 spiro atoms. The van der Waals surface area contributed by atoms with E-state index >= 15 is 0 Å². The fourth-order valence-electron chi connectivity index (χ4n) is 3.53. The zero-order chi connectivity index (χ0) is 20.1. The summed E-state index contributed by atoms with van der Waals surface area (Å²) < 4.78 is 22.4. The lowest BCUT2D eigenvalue weighted by molar-refractivity contribution is 0.303. The van der Waals surface area contributed by atoms with Gasteiger partial charge in [0.05, 0.1) is 23.2 Å². The molecule has 0 aliphatic rings. The molecule has 29 heavy (non-hydrogen) atoms. The Balaban J connectivity index is 1.44. The highest BCUT2D eigenvalue weighted by atomic mass is 19.1. The van der Waals surface area contributed by atoms with Crippen LogP contribution in [0.25, 0.3) is 22.4 Å². The van der Waals surface area contributed by atoms with Crippen LogP contribution in [0.1, 0.15) is 25.3 Å². The second kappa shape index (κ2) is 8.91. The third kappa shape index (κ3) is 4.32. The van der Waals surface area contributed by atoms with Crippen molar-refractivity contribution in [3.63, 3.8) is 0 Å². The number of aromatic nitrogens is 2. The third-order valence-corrected chi connectivity index (χ3v) is 5.15. The standard InChI is InChI=1S/C25H25FN2O/c1-2-19-13-15-20(16-14-19)29-18-8-7-17-28-24-12-6-5-11-23(24)27-25(28)21-9-3-4-10-22(21)26/h3-6,9-16H,2,7-8,17-18H2,1H3. The summed E-state index contributed by atoms with van der Waals surface area (Å²) in [4.78, 5) is 4.70. The van der Waals surface area contributed by atoms with Gasteiger partial charge in [0, 0.05) is 6.54 Å². The largest absolute Gasteiger partial charge is 0.494 e. The molecular formula is C25H25FN2O. The van der Waals surface area contributed by atoms with Gasteiger partial charge in [-0.05, 0) is 61.2 Å². The van der Waals surface area contributed by atoms with Crippen LogP contribution in [0, 0.1) is 5.82 Å². The highest BCUT2D eigenvalue weighted by Gasteiger charge is 2.15. The summed E-state index contributed by atoms with van der Waals surface area (Å²) in [6.07, 6.45) is 2.87. The van der Waals surface area contributed by atoms with E-state index in [-0.39, 0.29) is 5.82 Å². The Kier molecular flexibility index (Phi) is 5.89. The number of para-hydroxylation sites is 2. The second-order valence-electron chi connectivity index (χ2n) is 7.11. The predicted molar refractivity (Wildman–Crippen MR) is 116 cm³/mol. The quantitative estimate of drug-likeness (QED) is 0.333. The van der Waals surface area contributed by atoms with Crippen molar-refractivity contribution in [3.05, 3.63) is 84.2 Å². The molecule has 148 valence electrons. The number of hydrogen-bond acceptors (Lipinski definition) is 2. The predicted octanol–water partition coefficient (Wildman–Crippen LogP) is 6.26. The van der Waals surface area contributed by atoms with Crippen LogP contribution in [0.2, 0.25) is 0 Å². The first kappa shape index (κ1) is 19.2. The number of hydrogen-bond donors (Lipinski definition) is 0. The summed E-state index contributed by atoms with van der Waals surface area (Å²) in [6, 6.07) is 23.1. The summed E-state index contributed by atoms with van der Waals surface area (Å²) >= 11 is 0. The molecule has 0 aliphatic heterocycles. The number of fused-ring (bicyclic) bond motifs is 1. The zero-order valence-electron chi connectivity index (χ0n) is 16.6. The van der Waals surface area contributed by atoms with Crippen molar-refractivity contribution in [1.29, 1.82) is 0 Å². The SMILES string of the molecule is CCc1ccc(OCCCCn2c(-c3ccccc3F)nc3ccccc32)cc1. The molecule has 0 saturated carbocycles. The number of ether oxygens (including phenoxy) is 1. The first-order valence-electron chi connectivity index (χ1n) is 10.2. The Labute approximate surface area is 170 Å². The fraction of sp³-hybridized carbons (Fsp3) is 0.240. The van der Waals surface area contributed by atoms with Crippen molar-refractivity contribution < 1.29 is 9.13 Å². The maximum Gasteiger partial charge on any atom is 0.144 e. The Morgan fingerprint density at radius 2 is 1.66 bits per heavy atom. The van der Waals surface area contributed by atoms with Crippen LogP contribution in [-0.4, -0.2) is 16.2 Å². The average Bonchev–Trinajstić information content (AvgIpc) is 3.12. The van der Waals surface area contributed by atoms with Gasteiger partial charge in [-0.25, -0.2) is 9.37 Å². The minimum absolute atomic E-state index is 0.247. The highest BCUT2D eigenvalue weighted by Crippen LogP contribution is 2.27. The normalized spacial score (nSPS) is 11.1. The molecule has 0 atom stereocenters. The molecule has 0 fully saturated rings. The third-order valence-electron chi connectivity index (χ3n) is 5.15. The van der Waals surface area contributed by atoms with E-state index in [1.54, 1.807) is 12.1 Å². The van der Waals surface area contributed by atoms with E-state index in [1.807, 2.05) is 42.5 Å². The van der Waals surface area contributed by atoms with E-state index in [0.717, 1.165) is 42.6 Å². The van der Waals surface area contributed by atoms with Crippen molar-refractivity contribution in [1.82, 2.24) is 9.55 Å². The van der Waals surface area contributed by atoms with Gasteiger partial charge in [-0.15, -0.1) is 0 Å². The Morgan fingerprint density at radius 3 is 2.45 bits per heavy atom. The number of halogens is 1. The van der Waals surface area contributed by atoms with Crippen molar-refractivity contribution in [2.75, 3.05) is 6.61 Å². The topological polar surface area (TPSA) is 27.1 Å². The van der Waals surface area contributed by atoms with Crippen LogP contribution in [0.15, 0.2) is 72.8 Å². The van der Waals surface area contributed by atoms with Gasteiger partial charge < -0.3 is 9.30 Å². The highest BCUT2D eigenvalue weighted by molar-refractivity contribution is 5.80. The monoisotopic (exact) mass is 388 g/mol. The molecule has 1 heterocycles. The van der Waals surface area contributed by atoms with Crippen LogP contribution in [-0.2, 0) is 13.0 Å². The van der Waals surface area contributed by atoms with E-state index in [9.17, 15) is 4.39 Å². The Morgan fingerprint density at radius 1 is 0.897 bits per heavy atom. The van der Waals surface area contributed by atoms with Gasteiger partial charge in [0.2, 0.25) is 0 Å². The number of benzene rings is 3. The minimum Gasteiger partial charge on any atom is -0.494 e. The lowest BCUT2D eigenvalue weighted by atomic mass is 10.2. The average molecular weight is 388 g/mol. The van der Waals surface area contributed by atoms with Crippen molar-refractivity contribution in [2.24, 2.45) is 0 Å². The van der Waals surface area contributed by atoms with Gasteiger partial charge in [0.1, 0.15) is 17.4 Å². The molecule has 3 aromatic carbocycles. The van der Waals surface area contributed by atoms with Gasteiger partial charge >= 0.3 is 0 Å². The summed E-state index contributed by atoms with van der Waals surface area (Å²) in [5.74, 6) is 1.34. The van der Waals surface area contributed by atoms with Crippen LogP contribution in [0.4, 0.5) is 4.39 Å². The molecule has 0 radical (unpaired) electrons. The van der Waals surface area contributed by atoms with Gasteiger partial charge in [-0.2, -0.15) is 0 Å². The van der Waals surface area contributed by atoms with Crippen molar-refractivity contribution in [3.8, 4) is 17.1 Å². The molecule has 0 bridgehead atoms. The molecule has 4 heteroatoms. The summed E-state index contributed by atoms with van der Waals surface area (Å²) in [5, 5.41) is 0. The molecule has 3 nitrogen and oxygen atoms in total. The van der Waals surface area contributed by atoms with E-state index in [1.165, 1.54) is 11.6 Å². The van der Waals surface area contributed by atoms with E-state index in [0.29, 0.717) is 18.0 Å². The van der Waals surface area contributed by atoms with Crippen molar-refractivity contribution in [2.45, 2.75) is 32.7 Å². The molecule has 4 rings (SSSR count). The van der Waals surface area contributed by atoms with Crippen LogP contribution >= 0.6 is 0 Å².